The highest BCUT2D eigenvalue weighted by Gasteiger charge is 2.31. The molecule has 92 valence electrons. The van der Waals surface area contributed by atoms with Gasteiger partial charge < -0.3 is 5.11 Å². The Morgan fingerprint density at radius 2 is 2.00 bits per heavy atom. The van der Waals surface area contributed by atoms with Crippen LogP contribution in [0.25, 0.3) is 0 Å². The van der Waals surface area contributed by atoms with E-state index in [0.29, 0.717) is 19.1 Å². The monoisotopic (exact) mass is 224 g/mol. The van der Waals surface area contributed by atoms with Crippen molar-refractivity contribution in [1.82, 2.24) is 4.90 Å². The van der Waals surface area contributed by atoms with Gasteiger partial charge in [0.1, 0.15) is 0 Å². The van der Waals surface area contributed by atoms with Crippen molar-refractivity contribution >= 4 is 0 Å². The van der Waals surface area contributed by atoms with Crippen molar-refractivity contribution in [3.63, 3.8) is 0 Å². The summed E-state index contributed by atoms with van der Waals surface area (Å²) in [5.41, 5.74) is -0.695. The molecule has 0 radical (unpaired) electrons. The summed E-state index contributed by atoms with van der Waals surface area (Å²) in [5, 5.41) is 19.2. The minimum atomic E-state index is -0.695. The molecular formula is C13H24N2O. The third-order valence-corrected chi connectivity index (χ3v) is 3.88. The van der Waals surface area contributed by atoms with Crippen molar-refractivity contribution < 1.29 is 5.11 Å². The zero-order chi connectivity index (χ0) is 12.2. The lowest BCUT2D eigenvalue weighted by molar-refractivity contribution is -0.0251. The normalized spacial score (nSPS) is 21.3. The predicted molar refractivity (Wildman–Crippen MR) is 64.9 cm³/mol. The fourth-order valence-corrected chi connectivity index (χ4v) is 2.27. The molecule has 1 aliphatic rings. The van der Waals surface area contributed by atoms with Crippen molar-refractivity contribution in [1.29, 1.82) is 5.26 Å². The van der Waals surface area contributed by atoms with Crippen molar-refractivity contribution in [2.45, 2.75) is 58.1 Å². The van der Waals surface area contributed by atoms with Crippen LogP contribution in [-0.4, -0.2) is 34.7 Å². The molecule has 0 amide bonds. The first-order valence-corrected chi connectivity index (χ1v) is 6.30. The van der Waals surface area contributed by atoms with E-state index in [0.717, 1.165) is 0 Å². The molecule has 1 fully saturated rings. The molecule has 3 heteroatoms. The van der Waals surface area contributed by atoms with E-state index in [-0.39, 0.29) is 5.92 Å². The smallest absolute Gasteiger partial charge is 0.0869 e. The SMILES string of the molecule is CC(C)C(C)(O)CN(CC#N)C1CCCC1. The molecule has 1 aliphatic carbocycles. The number of aliphatic hydroxyl groups is 1. The highest BCUT2D eigenvalue weighted by molar-refractivity contribution is 4.90. The van der Waals surface area contributed by atoms with E-state index in [4.69, 9.17) is 5.26 Å². The summed E-state index contributed by atoms with van der Waals surface area (Å²) < 4.78 is 0. The van der Waals surface area contributed by atoms with E-state index in [1.54, 1.807) is 0 Å². The van der Waals surface area contributed by atoms with Gasteiger partial charge in [0.25, 0.3) is 0 Å². The third-order valence-electron chi connectivity index (χ3n) is 3.88. The van der Waals surface area contributed by atoms with Gasteiger partial charge in [0, 0.05) is 12.6 Å². The number of nitriles is 1. The molecule has 16 heavy (non-hydrogen) atoms. The fourth-order valence-electron chi connectivity index (χ4n) is 2.27. The molecular weight excluding hydrogens is 200 g/mol. The molecule has 0 saturated heterocycles. The highest BCUT2D eigenvalue weighted by Crippen LogP contribution is 2.26. The lowest BCUT2D eigenvalue weighted by Gasteiger charge is -2.36. The maximum absolute atomic E-state index is 10.3. The van der Waals surface area contributed by atoms with E-state index in [1.165, 1.54) is 25.7 Å². The van der Waals surface area contributed by atoms with Gasteiger partial charge in [0.2, 0.25) is 0 Å². The molecule has 0 heterocycles. The van der Waals surface area contributed by atoms with Crippen LogP contribution in [-0.2, 0) is 0 Å². The van der Waals surface area contributed by atoms with E-state index >= 15 is 0 Å². The Morgan fingerprint density at radius 3 is 2.44 bits per heavy atom. The van der Waals surface area contributed by atoms with Gasteiger partial charge in [-0.15, -0.1) is 0 Å². The second kappa shape index (κ2) is 5.65. The van der Waals surface area contributed by atoms with Crippen LogP contribution in [0.1, 0.15) is 46.5 Å². The molecule has 3 nitrogen and oxygen atoms in total. The summed E-state index contributed by atoms with van der Waals surface area (Å²) >= 11 is 0. The topological polar surface area (TPSA) is 47.3 Å². The Balaban J connectivity index is 2.60. The molecule has 0 aromatic heterocycles. The Morgan fingerprint density at radius 1 is 1.44 bits per heavy atom. The molecule has 0 aromatic rings. The maximum Gasteiger partial charge on any atom is 0.0869 e. The average molecular weight is 224 g/mol. The molecule has 0 spiro atoms. The number of rotatable bonds is 5. The minimum Gasteiger partial charge on any atom is -0.389 e. The molecule has 1 unspecified atom stereocenters. The largest absolute Gasteiger partial charge is 0.389 e. The molecule has 1 N–H and O–H groups in total. The fraction of sp³-hybridized carbons (Fsp3) is 0.923. The second-order valence-electron chi connectivity index (χ2n) is 5.51. The van der Waals surface area contributed by atoms with Crippen LogP contribution in [0.2, 0.25) is 0 Å². The molecule has 1 rings (SSSR count). The first-order chi connectivity index (χ1) is 7.47. The first kappa shape index (κ1) is 13.5. The van der Waals surface area contributed by atoms with Gasteiger partial charge in [0.15, 0.2) is 0 Å². The maximum atomic E-state index is 10.3. The van der Waals surface area contributed by atoms with Crippen LogP contribution in [0.3, 0.4) is 0 Å². The number of hydrogen-bond acceptors (Lipinski definition) is 3. The van der Waals surface area contributed by atoms with Gasteiger partial charge in [-0.3, -0.25) is 4.90 Å². The predicted octanol–water partition coefficient (Wildman–Crippen LogP) is 2.16. The van der Waals surface area contributed by atoms with Crippen LogP contribution in [0, 0.1) is 17.2 Å². The Bertz CT molecular complexity index is 249. The molecule has 0 bridgehead atoms. The van der Waals surface area contributed by atoms with Crippen molar-refractivity contribution in [2.24, 2.45) is 5.92 Å². The summed E-state index contributed by atoms with van der Waals surface area (Å²) in [6, 6.07) is 2.73. The summed E-state index contributed by atoms with van der Waals surface area (Å²) in [6.07, 6.45) is 4.87. The number of hydrogen-bond donors (Lipinski definition) is 1. The van der Waals surface area contributed by atoms with Gasteiger partial charge in [0.05, 0.1) is 18.2 Å². The standard InChI is InChI=1S/C13H24N2O/c1-11(2)13(3,16)10-15(9-8-14)12-6-4-5-7-12/h11-12,16H,4-7,9-10H2,1-3H3. The summed E-state index contributed by atoms with van der Waals surface area (Å²) in [7, 11) is 0. The van der Waals surface area contributed by atoms with Crippen LogP contribution < -0.4 is 0 Å². The van der Waals surface area contributed by atoms with E-state index < -0.39 is 5.60 Å². The van der Waals surface area contributed by atoms with E-state index in [2.05, 4.69) is 11.0 Å². The van der Waals surface area contributed by atoms with Crippen molar-refractivity contribution in [3.8, 4) is 6.07 Å². The van der Waals surface area contributed by atoms with Crippen molar-refractivity contribution in [3.05, 3.63) is 0 Å². The van der Waals surface area contributed by atoms with E-state index in [1.807, 2.05) is 20.8 Å². The van der Waals surface area contributed by atoms with Crippen molar-refractivity contribution in [2.75, 3.05) is 13.1 Å². The van der Waals surface area contributed by atoms with Crippen LogP contribution in [0.4, 0.5) is 0 Å². The summed E-state index contributed by atoms with van der Waals surface area (Å²) in [6.45, 7) is 6.98. The molecule has 0 aliphatic heterocycles. The Labute approximate surface area is 99.1 Å². The van der Waals surface area contributed by atoms with Gasteiger partial charge in [-0.05, 0) is 25.7 Å². The quantitative estimate of drug-likeness (QED) is 0.728. The Kier molecular flexibility index (Phi) is 4.76. The number of nitrogens with zero attached hydrogens (tertiary/aromatic N) is 2. The summed E-state index contributed by atoms with van der Waals surface area (Å²) in [4.78, 5) is 2.16. The lowest BCUT2D eigenvalue weighted by Crippen LogP contribution is -2.48. The van der Waals surface area contributed by atoms with Crippen LogP contribution in [0.5, 0.6) is 0 Å². The van der Waals surface area contributed by atoms with Crippen LogP contribution >= 0.6 is 0 Å². The van der Waals surface area contributed by atoms with Gasteiger partial charge in [-0.25, -0.2) is 0 Å². The second-order valence-corrected chi connectivity index (χ2v) is 5.51. The van der Waals surface area contributed by atoms with Gasteiger partial charge >= 0.3 is 0 Å². The highest BCUT2D eigenvalue weighted by atomic mass is 16.3. The first-order valence-electron chi connectivity index (χ1n) is 6.30. The van der Waals surface area contributed by atoms with Gasteiger partial charge in [-0.1, -0.05) is 26.7 Å². The zero-order valence-electron chi connectivity index (χ0n) is 10.7. The molecule has 0 aromatic carbocycles. The Hall–Kier alpha value is -0.590. The summed E-state index contributed by atoms with van der Waals surface area (Å²) in [5.74, 6) is 0.218. The lowest BCUT2D eigenvalue weighted by atomic mass is 9.91. The third kappa shape index (κ3) is 3.47. The average Bonchev–Trinajstić information content (AvgIpc) is 2.69. The zero-order valence-corrected chi connectivity index (χ0v) is 10.7. The van der Waals surface area contributed by atoms with Gasteiger partial charge in [-0.2, -0.15) is 5.26 Å². The molecule has 1 atom stereocenters. The molecule has 1 saturated carbocycles. The minimum absolute atomic E-state index is 0.218. The van der Waals surface area contributed by atoms with Crippen LogP contribution in [0.15, 0.2) is 0 Å². The van der Waals surface area contributed by atoms with E-state index in [9.17, 15) is 5.11 Å².